The molecule has 4 nitrogen and oxygen atoms in total. The molecule has 112 valence electrons. The molecule has 1 atom stereocenters. The van der Waals surface area contributed by atoms with E-state index < -0.39 is 6.36 Å². The quantitative estimate of drug-likeness (QED) is 0.913. The third-order valence-corrected chi connectivity index (χ3v) is 3.42. The fourth-order valence-electron chi connectivity index (χ4n) is 2.50. The highest BCUT2D eigenvalue weighted by molar-refractivity contribution is 5.67. The zero-order valence-corrected chi connectivity index (χ0v) is 11.1. The maximum atomic E-state index is 12.4. The molecule has 1 aliphatic rings. The summed E-state index contributed by atoms with van der Waals surface area (Å²) < 4.78 is 41.3. The molecule has 1 saturated heterocycles. The predicted octanol–water partition coefficient (Wildman–Crippen LogP) is 3.40. The first-order valence-corrected chi connectivity index (χ1v) is 6.67. The molecule has 21 heavy (non-hydrogen) atoms. The van der Waals surface area contributed by atoms with Crippen molar-refractivity contribution in [3.05, 3.63) is 36.0 Å². The monoisotopic (exact) mass is 297 g/mol. The van der Waals surface area contributed by atoms with Gasteiger partial charge in [0.25, 0.3) is 0 Å². The first kappa shape index (κ1) is 13.9. The summed E-state index contributed by atoms with van der Waals surface area (Å²) in [4.78, 5) is 0. The highest BCUT2D eigenvalue weighted by Gasteiger charge is 2.32. The highest BCUT2D eigenvalue weighted by atomic mass is 19.4. The number of benzene rings is 1. The third-order valence-electron chi connectivity index (χ3n) is 3.42. The minimum atomic E-state index is -4.72. The number of ether oxygens (including phenoxy) is 1. The fraction of sp³-hybridized carbons (Fsp3) is 0.357. The second-order valence-corrected chi connectivity index (χ2v) is 4.90. The Kier molecular flexibility index (Phi) is 3.59. The van der Waals surface area contributed by atoms with Gasteiger partial charge in [-0.15, -0.1) is 13.2 Å². The number of alkyl halides is 3. The van der Waals surface area contributed by atoms with Gasteiger partial charge >= 0.3 is 6.36 Å². The van der Waals surface area contributed by atoms with E-state index in [1.165, 1.54) is 12.1 Å². The molecular formula is C14H14F3N3O. The van der Waals surface area contributed by atoms with E-state index in [2.05, 4.69) is 20.3 Å². The second-order valence-electron chi connectivity index (χ2n) is 4.90. The molecular weight excluding hydrogens is 283 g/mol. The van der Waals surface area contributed by atoms with E-state index in [-0.39, 0.29) is 11.8 Å². The number of para-hydroxylation sites is 1. The van der Waals surface area contributed by atoms with Gasteiger partial charge in [-0.25, -0.2) is 0 Å². The number of aromatic amines is 1. The standard InChI is InChI=1S/C14H14F3N3O/c15-14(16,17)21-13-6-2-1-4-9(13)11-8-12(20-19-11)10-5-3-7-18-10/h1-2,4,6,8,10,18H,3,5,7H2,(H,19,20). The topological polar surface area (TPSA) is 49.9 Å². The average Bonchev–Trinajstić information content (AvgIpc) is 3.08. The van der Waals surface area contributed by atoms with E-state index in [1.54, 1.807) is 18.2 Å². The molecule has 0 saturated carbocycles. The fourth-order valence-corrected chi connectivity index (χ4v) is 2.50. The number of aromatic nitrogens is 2. The molecule has 2 aromatic rings. The number of nitrogens with zero attached hydrogens (tertiary/aromatic N) is 1. The van der Waals surface area contributed by atoms with Crippen LogP contribution in [-0.4, -0.2) is 23.1 Å². The SMILES string of the molecule is FC(F)(F)Oc1ccccc1-c1cc(C2CCCN2)[nH]n1. The van der Waals surface area contributed by atoms with Gasteiger partial charge in [0.1, 0.15) is 5.75 Å². The van der Waals surface area contributed by atoms with Crippen LogP contribution in [0.15, 0.2) is 30.3 Å². The van der Waals surface area contributed by atoms with Crippen molar-refractivity contribution in [2.75, 3.05) is 6.54 Å². The van der Waals surface area contributed by atoms with Gasteiger partial charge in [0.2, 0.25) is 0 Å². The first-order valence-electron chi connectivity index (χ1n) is 6.67. The van der Waals surface area contributed by atoms with Crippen molar-refractivity contribution >= 4 is 0 Å². The minimum absolute atomic E-state index is 0.182. The van der Waals surface area contributed by atoms with Gasteiger partial charge < -0.3 is 10.1 Å². The summed E-state index contributed by atoms with van der Waals surface area (Å²) in [5.74, 6) is -0.248. The molecule has 1 aromatic heterocycles. The Labute approximate surface area is 119 Å². The van der Waals surface area contributed by atoms with Crippen molar-refractivity contribution < 1.29 is 17.9 Å². The van der Waals surface area contributed by atoms with Crippen LogP contribution in [-0.2, 0) is 0 Å². The van der Waals surface area contributed by atoms with Crippen LogP contribution in [0.5, 0.6) is 5.75 Å². The van der Waals surface area contributed by atoms with Crippen molar-refractivity contribution in [3.8, 4) is 17.0 Å². The summed E-state index contributed by atoms with van der Waals surface area (Å²) in [7, 11) is 0. The molecule has 1 fully saturated rings. The Morgan fingerprint density at radius 1 is 1.24 bits per heavy atom. The zero-order valence-electron chi connectivity index (χ0n) is 11.1. The van der Waals surface area contributed by atoms with E-state index in [0.29, 0.717) is 11.3 Å². The summed E-state index contributed by atoms with van der Waals surface area (Å²) in [5.41, 5.74) is 1.64. The molecule has 3 rings (SSSR count). The summed E-state index contributed by atoms with van der Waals surface area (Å²) in [5, 5.41) is 10.3. The number of hydrogen-bond acceptors (Lipinski definition) is 3. The van der Waals surface area contributed by atoms with Crippen molar-refractivity contribution in [2.45, 2.75) is 25.2 Å². The number of hydrogen-bond donors (Lipinski definition) is 2. The van der Waals surface area contributed by atoms with Crippen LogP contribution in [0.3, 0.4) is 0 Å². The van der Waals surface area contributed by atoms with Gasteiger partial charge in [0.05, 0.1) is 11.4 Å². The van der Waals surface area contributed by atoms with Crippen LogP contribution in [0, 0.1) is 0 Å². The molecule has 0 bridgehead atoms. The first-order chi connectivity index (χ1) is 10.0. The van der Waals surface area contributed by atoms with E-state index in [4.69, 9.17) is 0 Å². The Hall–Kier alpha value is -2.02. The van der Waals surface area contributed by atoms with Gasteiger partial charge in [0, 0.05) is 11.6 Å². The van der Waals surface area contributed by atoms with Crippen molar-refractivity contribution in [1.82, 2.24) is 15.5 Å². The number of H-pyrrole nitrogens is 1. The molecule has 1 aromatic carbocycles. The van der Waals surface area contributed by atoms with Gasteiger partial charge in [-0.05, 0) is 37.6 Å². The minimum Gasteiger partial charge on any atom is -0.405 e. The van der Waals surface area contributed by atoms with Crippen molar-refractivity contribution in [1.29, 1.82) is 0 Å². The highest BCUT2D eigenvalue weighted by Crippen LogP contribution is 2.34. The normalized spacial score (nSPS) is 18.9. The lowest BCUT2D eigenvalue weighted by atomic mass is 10.1. The zero-order chi connectivity index (χ0) is 14.9. The molecule has 2 N–H and O–H groups in total. The summed E-state index contributed by atoms with van der Waals surface area (Å²) >= 11 is 0. The molecule has 0 spiro atoms. The second kappa shape index (κ2) is 5.40. The molecule has 0 aliphatic carbocycles. The molecule has 1 unspecified atom stereocenters. The van der Waals surface area contributed by atoms with Gasteiger partial charge in [-0.2, -0.15) is 5.10 Å². The van der Waals surface area contributed by atoms with Crippen LogP contribution >= 0.6 is 0 Å². The van der Waals surface area contributed by atoms with E-state index >= 15 is 0 Å². The van der Waals surface area contributed by atoms with E-state index in [0.717, 1.165) is 25.1 Å². The molecule has 1 aliphatic heterocycles. The largest absolute Gasteiger partial charge is 0.573 e. The van der Waals surface area contributed by atoms with Gasteiger partial charge in [0.15, 0.2) is 0 Å². The van der Waals surface area contributed by atoms with Gasteiger partial charge in [-0.1, -0.05) is 12.1 Å². The van der Waals surface area contributed by atoms with Crippen molar-refractivity contribution in [3.63, 3.8) is 0 Å². The molecule has 0 radical (unpaired) electrons. The van der Waals surface area contributed by atoms with Crippen LogP contribution < -0.4 is 10.1 Å². The average molecular weight is 297 g/mol. The van der Waals surface area contributed by atoms with E-state index in [1.807, 2.05) is 0 Å². The Morgan fingerprint density at radius 2 is 2.05 bits per heavy atom. The Morgan fingerprint density at radius 3 is 2.76 bits per heavy atom. The maximum absolute atomic E-state index is 12.4. The Balaban J connectivity index is 1.90. The molecule has 7 heteroatoms. The van der Waals surface area contributed by atoms with E-state index in [9.17, 15) is 13.2 Å². The van der Waals surface area contributed by atoms with Crippen LogP contribution in [0.1, 0.15) is 24.6 Å². The smallest absolute Gasteiger partial charge is 0.405 e. The van der Waals surface area contributed by atoms with Crippen LogP contribution in [0.2, 0.25) is 0 Å². The lowest BCUT2D eigenvalue weighted by Gasteiger charge is -2.11. The molecule has 0 amide bonds. The van der Waals surface area contributed by atoms with Crippen LogP contribution in [0.4, 0.5) is 13.2 Å². The van der Waals surface area contributed by atoms with Crippen LogP contribution in [0.25, 0.3) is 11.3 Å². The number of nitrogens with one attached hydrogen (secondary N) is 2. The van der Waals surface area contributed by atoms with Crippen molar-refractivity contribution in [2.24, 2.45) is 0 Å². The lowest BCUT2D eigenvalue weighted by molar-refractivity contribution is -0.274. The number of halogens is 3. The number of rotatable bonds is 3. The molecule has 2 heterocycles. The summed E-state index contributed by atoms with van der Waals surface area (Å²) in [6.45, 7) is 0.937. The Bertz CT molecular complexity index is 618. The summed E-state index contributed by atoms with van der Waals surface area (Å²) in [6.07, 6.45) is -2.66. The lowest BCUT2D eigenvalue weighted by Crippen LogP contribution is -2.17. The summed E-state index contributed by atoms with van der Waals surface area (Å²) in [6, 6.07) is 7.94. The predicted molar refractivity (Wildman–Crippen MR) is 70.7 cm³/mol. The third kappa shape index (κ3) is 3.18. The maximum Gasteiger partial charge on any atom is 0.573 e. The van der Waals surface area contributed by atoms with Gasteiger partial charge in [-0.3, -0.25) is 5.10 Å².